The zero-order chi connectivity index (χ0) is 18.2. The topological polar surface area (TPSA) is 84.2 Å². The minimum atomic E-state index is -0.775. The van der Waals surface area contributed by atoms with Crippen LogP contribution in [0.1, 0.15) is 53.0 Å². The van der Waals surface area contributed by atoms with Crippen LogP contribution in [-0.2, 0) is 11.3 Å². The number of nitrogens with zero attached hydrogens (tertiary/aromatic N) is 2. The lowest BCUT2D eigenvalue weighted by atomic mass is 10.1. The Morgan fingerprint density at radius 3 is 2.64 bits per heavy atom. The number of aromatic nitrogens is 2. The zero-order valence-electron chi connectivity index (χ0n) is 14.8. The Morgan fingerprint density at radius 2 is 1.96 bits per heavy atom. The van der Waals surface area contributed by atoms with Crippen molar-refractivity contribution >= 4 is 11.9 Å². The first-order valence-corrected chi connectivity index (χ1v) is 8.55. The SMILES string of the molecule is Cc1cc(C)n(Cc2cccc(C(=O)NCCCCCC(=O)O)c2)n1. The monoisotopic (exact) mass is 343 g/mol. The molecule has 0 spiro atoms. The summed E-state index contributed by atoms with van der Waals surface area (Å²) >= 11 is 0. The van der Waals surface area contributed by atoms with Gasteiger partial charge < -0.3 is 10.4 Å². The number of benzene rings is 1. The third-order valence-electron chi connectivity index (χ3n) is 3.98. The summed E-state index contributed by atoms with van der Waals surface area (Å²) in [7, 11) is 0. The van der Waals surface area contributed by atoms with E-state index in [4.69, 9.17) is 5.11 Å². The van der Waals surface area contributed by atoms with E-state index in [0.29, 0.717) is 25.1 Å². The highest BCUT2D eigenvalue weighted by Gasteiger charge is 2.07. The lowest BCUT2D eigenvalue weighted by molar-refractivity contribution is -0.137. The normalized spacial score (nSPS) is 10.6. The summed E-state index contributed by atoms with van der Waals surface area (Å²) in [6.07, 6.45) is 2.40. The van der Waals surface area contributed by atoms with Gasteiger partial charge in [0.15, 0.2) is 0 Å². The molecule has 1 amide bonds. The Morgan fingerprint density at radius 1 is 1.16 bits per heavy atom. The summed E-state index contributed by atoms with van der Waals surface area (Å²) in [5.41, 5.74) is 3.73. The van der Waals surface area contributed by atoms with E-state index in [0.717, 1.165) is 29.8 Å². The van der Waals surface area contributed by atoms with Crippen LogP contribution in [0.15, 0.2) is 30.3 Å². The maximum absolute atomic E-state index is 12.2. The first-order valence-electron chi connectivity index (χ1n) is 8.55. The highest BCUT2D eigenvalue weighted by molar-refractivity contribution is 5.94. The van der Waals surface area contributed by atoms with Crippen molar-refractivity contribution in [2.75, 3.05) is 6.54 Å². The van der Waals surface area contributed by atoms with Crippen molar-refractivity contribution < 1.29 is 14.7 Å². The van der Waals surface area contributed by atoms with Crippen molar-refractivity contribution in [3.05, 3.63) is 52.8 Å². The molecule has 6 nitrogen and oxygen atoms in total. The van der Waals surface area contributed by atoms with E-state index in [1.54, 1.807) is 6.07 Å². The minimum absolute atomic E-state index is 0.103. The number of aliphatic carboxylic acids is 1. The van der Waals surface area contributed by atoms with Gasteiger partial charge in [0.25, 0.3) is 5.91 Å². The zero-order valence-corrected chi connectivity index (χ0v) is 14.8. The number of carbonyl (C=O) groups is 2. The second-order valence-corrected chi connectivity index (χ2v) is 6.25. The number of nitrogens with one attached hydrogen (secondary N) is 1. The Kier molecular flexibility index (Phi) is 6.74. The number of hydrogen-bond donors (Lipinski definition) is 2. The summed E-state index contributed by atoms with van der Waals surface area (Å²) in [6.45, 7) is 5.17. The molecule has 0 saturated heterocycles. The van der Waals surface area contributed by atoms with Crippen LogP contribution in [0.4, 0.5) is 0 Å². The van der Waals surface area contributed by atoms with Gasteiger partial charge in [-0.2, -0.15) is 5.10 Å². The van der Waals surface area contributed by atoms with Crippen LogP contribution in [-0.4, -0.2) is 33.3 Å². The van der Waals surface area contributed by atoms with Crippen LogP contribution in [0.3, 0.4) is 0 Å². The van der Waals surface area contributed by atoms with Crippen molar-refractivity contribution in [3.63, 3.8) is 0 Å². The lowest BCUT2D eigenvalue weighted by Gasteiger charge is -2.08. The smallest absolute Gasteiger partial charge is 0.303 e. The van der Waals surface area contributed by atoms with Gasteiger partial charge in [-0.1, -0.05) is 18.6 Å². The van der Waals surface area contributed by atoms with Gasteiger partial charge in [-0.25, -0.2) is 0 Å². The van der Waals surface area contributed by atoms with Crippen molar-refractivity contribution in [1.82, 2.24) is 15.1 Å². The molecule has 1 aromatic carbocycles. The van der Waals surface area contributed by atoms with Gasteiger partial charge in [0.05, 0.1) is 12.2 Å². The number of hydrogen-bond acceptors (Lipinski definition) is 3. The molecule has 0 bridgehead atoms. The fraction of sp³-hybridized carbons (Fsp3) is 0.421. The van der Waals surface area contributed by atoms with Gasteiger partial charge in [-0.05, 0) is 50.5 Å². The third-order valence-corrected chi connectivity index (χ3v) is 3.98. The van der Waals surface area contributed by atoms with E-state index in [-0.39, 0.29) is 12.3 Å². The van der Waals surface area contributed by atoms with E-state index >= 15 is 0 Å². The average molecular weight is 343 g/mol. The summed E-state index contributed by atoms with van der Waals surface area (Å²) in [6, 6.07) is 9.57. The summed E-state index contributed by atoms with van der Waals surface area (Å²) < 4.78 is 1.93. The van der Waals surface area contributed by atoms with Crippen LogP contribution in [0.2, 0.25) is 0 Å². The van der Waals surface area contributed by atoms with E-state index < -0.39 is 5.97 Å². The Balaban J connectivity index is 1.84. The largest absolute Gasteiger partial charge is 0.481 e. The first-order chi connectivity index (χ1) is 12.0. The summed E-state index contributed by atoms with van der Waals surface area (Å²) in [5.74, 6) is -0.878. The Labute approximate surface area is 147 Å². The van der Waals surface area contributed by atoms with Gasteiger partial charge in [-0.3, -0.25) is 14.3 Å². The molecule has 2 N–H and O–H groups in total. The highest BCUT2D eigenvalue weighted by Crippen LogP contribution is 2.10. The van der Waals surface area contributed by atoms with Crippen molar-refractivity contribution in [1.29, 1.82) is 0 Å². The molecule has 0 atom stereocenters. The van der Waals surface area contributed by atoms with Gasteiger partial charge >= 0.3 is 5.97 Å². The number of carbonyl (C=O) groups excluding carboxylic acids is 1. The quantitative estimate of drug-likeness (QED) is 0.686. The molecule has 2 aromatic rings. The molecular formula is C19H25N3O3. The molecule has 1 heterocycles. The molecule has 6 heteroatoms. The average Bonchev–Trinajstić information content (AvgIpc) is 2.88. The lowest BCUT2D eigenvalue weighted by Crippen LogP contribution is -2.24. The molecule has 134 valence electrons. The van der Waals surface area contributed by atoms with Crippen molar-refractivity contribution in [2.45, 2.75) is 46.1 Å². The Hall–Kier alpha value is -2.63. The molecule has 0 unspecified atom stereocenters. The molecule has 0 aliphatic heterocycles. The van der Waals surface area contributed by atoms with E-state index in [9.17, 15) is 9.59 Å². The first kappa shape index (κ1) is 18.7. The molecule has 25 heavy (non-hydrogen) atoms. The molecule has 0 saturated carbocycles. The number of unbranched alkanes of at least 4 members (excludes halogenated alkanes) is 2. The second-order valence-electron chi connectivity index (χ2n) is 6.25. The number of carboxylic acid groups (broad SMARTS) is 1. The third kappa shape index (κ3) is 6.06. The number of amides is 1. The summed E-state index contributed by atoms with van der Waals surface area (Å²) in [4.78, 5) is 22.7. The predicted molar refractivity (Wildman–Crippen MR) is 95.7 cm³/mol. The molecule has 0 aliphatic rings. The summed E-state index contributed by atoms with van der Waals surface area (Å²) in [5, 5.41) is 15.9. The minimum Gasteiger partial charge on any atom is -0.481 e. The van der Waals surface area contributed by atoms with Crippen LogP contribution in [0.5, 0.6) is 0 Å². The molecular weight excluding hydrogens is 318 g/mol. The van der Waals surface area contributed by atoms with Crippen LogP contribution >= 0.6 is 0 Å². The number of aryl methyl sites for hydroxylation is 2. The Bertz CT molecular complexity index is 737. The van der Waals surface area contributed by atoms with Gasteiger partial charge in [0.2, 0.25) is 0 Å². The fourth-order valence-corrected chi connectivity index (χ4v) is 2.70. The van der Waals surface area contributed by atoms with Crippen LogP contribution in [0, 0.1) is 13.8 Å². The molecule has 0 radical (unpaired) electrons. The van der Waals surface area contributed by atoms with Gasteiger partial charge in [0.1, 0.15) is 0 Å². The fourth-order valence-electron chi connectivity index (χ4n) is 2.70. The van der Waals surface area contributed by atoms with Crippen LogP contribution < -0.4 is 5.32 Å². The molecule has 2 rings (SSSR count). The van der Waals surface area contributed by atoms with Crippen molar-refractivity contribution in [3.8, 4) is 0 Å². The van der Waals surface area contributed by atoms with E-state index in [2.05, 4.69) is 10.4 Å². The van der Waals surface area contributed by atoms with Crippen LogP contribution in [0.25, 0.3) is 0 Å². The maximum Gasteiger partial charge on any atom is 0.303 e. The van der Waals surface area contributed by atoms with E-state index in [1.165, 1.54) is 0 Å². The standard InChI is InChI=1S/C19H25N3O3/c1-14-11-15(2)22(21-14)13-16-7-6-8-17(12-16)19(25)20-10-5-3-4-9-18(23)24/h6-8,11-12H,3-5,9-10,13H2,1-2H3,(H,20,25)(H,23,24). The van der Waals surface area contributed by atoms with E-state index in [1.807, 2.05) is 42.8 Å². The molecule has 1 aromatic heterocycles. The number of rotatable bonds is 9. The highest BCUT2D eigenvalue weighted by atomic mass is 16.4. The van der Waals surface area contributed by atoms with Gasteiger partial charge in [0, 0.05) is 24.2 Å². The maximum atomic E-state index is 12.2. The molecule has 0 aliphatic carbocycles. The second kappa shape index (κ2) is 9.01. The number of carboxylic acids is 1. The predicted octanol–water partition coefficient (Wildman–Crippen LogP) is 2.92. The molecule has 0 fully saturated rings. The van der Waals surface area contributed by atoms with Crippen molar-refractivity contribution in [2.24, 2.45) is 0 Å². The van der Waals surface area contributed by atoms with Gasteiger partial charge in [-0.15, -0.1) is 0 Å².